The number of amides is 2. The fourth-order valence-corrected chi connectivity index (χ4v) is 3.76. The zero-order valence-corrected chi connectivity index (χ0v) is 18.4. The Balaban J connectivity index is 1.58. The van der Waals surface area contributed by atoms with Crippen LogP contribution in [0.1, 0.15) is 45.7 Å². The molecule has 0 N–H and O–H groups in total. The van der Waals surface area contributed by atoms with E-state index >= 15 is 0 Å². The Bertz CT molecular complexity index is 932. The van der Waals surface area contributed by atoms with E-state index in [4.69, 9.17) is 0 Å². The average molecular weight is 448 g/mol. The molecule has 0 aliphatic carbocycles. The molecule has 2 amide bonds. The second-order valence-electron chi connectivity index (χ2n) is 7.82. The first-order chi connectivity index (χ1) is 15.2. The summed E-state index contributed by atoms with van der Waals surface area (Å²) in [6, 6.07) is 12.0. The van der Waals surface area contributed by atoms with Gasteiger partial charge in [-0.15, -0.1) is 0 Å². The van der Waals surface area contributed by atoms with Crippen LogP contribution >= 0.6 is 0 Å². The third kappa shape index (κ3) is 5.68. The molecule has 1 aliphatic heterocycles. The molecule has 0 radical (unpaired) electrons. The normalized spacial score (nSPS) is 14.7. The largest absolute Gasteiger partial charge is 0.416 e. The molecule has 1 aliphatic rings. The van der Waals surface area contributed by atoms with E-state index in [2.05, 4.69) is 18.7 Å². The molecule has 0 aromatic heterocycles. The fourth-order valence-electron chi connectivity index (χ4n) is 3.76. The second-order valence-corrected chi connectivity index (χ2v) is 7.82. The monoisotopic (exact) mass is 447 g/mol. The van der Waals surface area contributed by atoms with Crippen LogP contribution in [0.5, 0.6) is 0 Å². The summed E-state index contributed by atoms with van der Waals surface area (Å²) >= 11 is 0. The number of halogens is 3. The fraction of sp³-hybridized carbons (Fsp3) is 0.417. The van der Waals surface area contributed by atoms with E-state index < -0.39 is 17.6 Å². The first-order valence-electron chi connectivity index (χ1n) is 10.8. The molecule has 2 aromatic carbocycles. The number of nitrogens with zero attached hydrogens (tertiary/aromatic N) is 3. The number of carbonyl (C=O) groups excluding carboxylic acids is 2. The van der Waals surface area contributed by atoms with Crippen LogP contribution < -0.4 is 0 Å². The molecule has 0 bridgehead atoms. The molecule has 5 nitrogen and oxygen atoms in total. The highest BCUT2D eigenvalue weighted by Crippen LogP contribution is 2.29. The maximum absolute atomic E-state index is 12.9. The van der Waals surface area contributed by atoms with Gasteiger partial charge in [0.1, 0.15) is 0 Å². The van der Waals surface area contributed by atoms with Crippen molar-refractivity contribution in [2.45, 2.75) is 26.6 Å². The first-order valence-corrected chi connectivity index (χ1v) is 10.8. The number of hydrogen-bond acceptors (Lipinski definition) is 3. The predicted octanol–water partition coefficient (Wildman–Crippen LogP) is 4.15. The molecular weight excluding hydrogens is 419 g/mol. The smallest absolute Gasteiger partial charge is 0.335 e. The maximum atomic E-state index is 12.9. The lowest BCUT2D eigenvalue weighted by molar-refractivity contribution is -0.137. The molecule has 0 unspecified atom stereocenters. The summed E-state index contributed by atoms with van der Waals surface area (Å²) < 4.78 is 38.8. The van der Waals surface area contributed by atoms with E-state index in [1.54, 1.807) is 4.90 Å². The minimum atomic E-state index is -4.50. The van der Waals surface area contributed by atoms with Crippen LogP contribution in [-0.4, -0.2) is 65.8 Å². The van der Waals surface area contributed by atoms with E-state index in [1.807, 2.05) is 24.3 Å². The molecule has 1 saturated heterocycles. The highest BCUT2D eigenvalue weighted by molar-refractivity contribution is 5.96. The average Bonchev–Trinajstić information content (AvgIpc) is 2.81. The maximum Gasteiger partial charge on any atom is 0.416 e. The molecule has 3 rings (SSSR count). The minimum Gasteiger partial charge on any atom is -0.335 e. The minimum absolute atomic E-state index is 0.00314. The highest BCUT2D eigenvalue weighted by atomic mass is 19.4. The van der Waals surface area contributed by atoms with Crippen molar-refractivity contribution in [1.82, 2.24) is 14.7 Å². The molecule has 2 aromatic rings. The lowest BCUT2D eigenvalue weighted by Gasteiger charge is -2.35. The van der Waals surface area contributed by atoms with Gasteiger partial charge in [-0.3, -0.25) is 14.5 Å². The third-order valence-electron chi connectivity index (χ3n) is 5.79. The van der Waals surface area contributed by atoms with Crippen molar-refractivity contribution >= 4 is 11.8 Å². The number of alkyl halides is 3. The zero-order valence-electron chi connectivity index (χ0n) is 18.4. The summed E-state index contributed by atoms with van der Waals surface area (Å²) in [4.78, 5) is 30.9. The lowest BCUT2D eigenvalue weighted by Crippen LogP contribution is -2.50. The summed E-state index contributed by atoms with van der Waals surface area (Å²) in [6.07, 6.45) is -4.50. The number of rotatable bonds is 6. The van der Waals surface area contributed by atoms with Crippen molar-refractivity contribution < 1.29 is 22.8 Å². The Morgan fingerprint density at radius 1 is 0.844 bits per heavy atom. The summed E-state index contributed by atoms with van der Waals surface area (Å²) in [5, 5.41) is 0. The Hall–Kier alpha value is -2.87. The van der Waals surface area contributed by atoms with Gasteiger partial charge in [-0.05, 0) is 49.0 Å². The molecule has 0 atom stereocenters. The quantitative estimate of drug-likeness (QED) is 0.669. The van der Waals surface area contributed by atoms with Gasteiger partial charge in [-0.2, -0.15) is 13.2 Å². The van der Waals surface area contributed by atoms with Crippen molar-refractivity contribution in [2.75, 3.05) is 39.3 Å². The third-order valence-corrected chi connectivity index (χ3v) is 5.79. The van der Waals surface area contributed by atoms with Gasteiger partial charge in [-0.25, -0.2) is 0 Å². The van der Waals surface area contributed by atoms with Crippen molar-refractivity contribution in [3.8, 4) is 0 Å². The Morgan fingerprint density at radius 2 is 1.38 bits per heavy atom. The molecule has 32 heavy (non-hydrogen) atoms. The van der Waals surface area contributed by atoms with Crippen molar-refractivity contribution in [1.29, 1.82) is 0 Å². The van der Waals surface area contributed by atoms with Crippen LogP contribution in [0.3, 0.4) is 0 Å². The van der Waals surface area contributed by atoms with Crippen LogP contribution in [0.2, 0.25) is 0 Å². The number of carbonyl (C=O) groups is 2. The van der Waals surface area contributed by atoms with Gasteiger partial charge in [0.15, 0.2) is 0 Å². The summed E-state index contributed by atoms with van der Waals surface area (Å²) in [7, 11) is 0. The topological polar surface area (TPSA) is 43.9 Å². The molecule has 1 heterocycles. The van der Waals surface area contributed by atoms with E-state index in [0.717, 1.165) is 37.3 Å². The molecule has 0 spiro atoms. The van der Waals surface area contributed by atoms with E-state index in [0.29, 0.717) is 18.7 Å². The summed E-state index contributed by atoms with van der Waals surface area (Å²) in [6.45, 7) is 8.20. The molecule has 8 heteroatoms. The van der Waals surface area contributed by atoms with Gasteiger partial charge < -0.3 is 9.80 Å². The highest BCUT2D eigenvalue weighted by Gasteiger charge is 2.32. The summed E-state index contributed by atoms with van der Waals surface area (Å²) in [5.41, 5.74) is 0.887. The van der Waals surface area contributed by atoms with E-state index in [-0.39, 0.29) is 24.6 Å². The van der Waals surface area contributed by atoms with Gasteiger partial charge in [0, 0.05) is 43.9 Å². The van der Waals surface area contributed by atoms with Crippen molar-refractivity contribution in [3.05, 3.63) is 70.8 Å². The number of benzene rings is 2. The summed E-state index contributed by atoms with van der Waals surface area (Å²) in [5.74, 6) is -0.561. The van der Waals surface area contributed by atoms with Crippen LogP contribution in [-0.2, 0) is 12.7 Å². The molecular formula is C24H28F3N3O2. The van der Waals surface area contributed by atoms with Gasteiger partial charge in [0.2, 0.25) is 0 Å². The Labute approximate surface area is 186 Å². The van der Waals surface area contributed by atoms with Crippen molar-refractivity contribution in [2.24, 2.45) is 0 Å². The van der Waals surface area contributed by atoms with Crippen LogP contribution in [0.15, 0.2) is 48.5 Å². The van der Waals surface area contributed by atoms with Crippen LogP contribution in [0, 0.1) is 0 Å². The van der Waals surface area contributed by atoms with Crippen LogP contribution in [0.25, 0.3) is 0 Å². The van der Waals surface area contributed by atoms with E-state index in [9.17, 15) is 22.8 Å². The van der Waals surface area contributed by atoms with Gasteiger partial charge in [0.05, 0.1) is 5.56 Å². The molecule has 1 fully saturated rings. The van der Waals surface area contributed by atoms with E-state index in [1.165, 1.54) is 17.0 Å². The zero-order chi connectivity index (χ0) is 23.3. The van der Waals surface area contributed by atoms with Crippen molar-refractivity contribution in [3.63, 3.8) is 0 Å². The lowest BCUT2D eigenvalue weighted by atomic mass is 10.1. The van der Waals surface area contributed by atoms with Gasteiger partial charge in [-0.1, -0.05) is 32.0 Å². The standard InChI is InChI=1S/C24H28F3N3O2/c1-3-28(4-2)17-18-8-10-19(11-9-18)22(31)29-12-14-30(15-13-29)23(32)20-6-5-7-21(16-20)24(25,26)27/h5-11,16H,3-4,12-15,17H2,1-2H3. The SMILES string of the molecule is CCN(CC)Cc1ccc(C(=O)N2CCN(C(=O)c3cccc(C(F)(F)F)c3)CC2)cc1. The Kier molecular flexibility index (Phi) is 7.56. The second kappa shape index (κ2) is 10.2. The predicted molar refractivity (Wildman–Crippen MR) is 116 cm³/mol. The molecule has 172 valence electrons. The molecule has 0 saturated carbocycles. The number of hydrogen-bond donors (Lipinski definition) is 0. The Morgan fingerprint density at radius 3 is 1.88 bits per heavy atom. The van der Waals surface area contributed by atoms with Gasteiger partial charge in [0.25, 0.3) is 11.8 Å². The van der Waals surface area contributed by atoms with Crippen LogP contribution in [0.4, 0.5) is 13.2 Å². The van der Waals surface area contributed by atoms with Gasteiger partial charge >= 0.3 is 6.18 Å². The number of piperazine rings is 1. The first kappa shape index (κ1) is 23.8.